The topological polar surface area (TPSA) is 38.9 Å². The summed E-state index contributed by atoms with van der Waals surface area (Å²) in [5.41, 5.74) is 9.29. The molecule has 0 radical (unpaired) electrons. The molecule has 0 aliphatic carbocycles. The van der Waals surface area contributed by atoms with E-state index in [1.165, 1.54) is 12.1 Å². The van der Waals surface area contributed by atoms with Crippen molar-refractivity contribution in [3.05, 3.63) is 76.1 Å². The van der Waals surface area contributed by atoms with Crippen LogP contribution in [0.4, 0.5) is 4.39 Å². The quantitative estimate of drug-likeness (QED) is 0.765. The summed E-state index contributed by atoms with van der Waals surface area (Å²) >= 11 is 3.38. The molecule has 0 spiro atoms. The van der Waals surface area contributed by atoms with Gasteiger partial charge in [-0.25, -0.2) is 4.39 Å². The summed E-state index contributed by atoms with van der Waals surface area (Å²) < 4.78 is 13.9. The van der Waals surface area contributed by atoms with E-state index in [0.29, 0.717) is 6.42 Å². The molecule has 2 N–H and O–H groups in total. The molecular formula is C17H14BrFN2. The summed E-state index contributed by atoms with van der Waals surface area (Å²) in [4.78, 5) is 4.30. The summed E-state index contributed by atoms with van der Waals surface area (Å²) in [6.07, 6.45) is 2.42. The van der Waals surface area contributed by atoms with Crippen LogP contribution in [0.5, 0.6) is 0 Å². The Kier molecular flexibility index (Phi) is 3.99. The molecule has 0 bridgehead atoms. The van der Waals surface area contributed by atoms with E-state index in [1.54, 1.807) is 12.3 Å². The van der Waals surface area contributed by atoms with Gasteiger partial charge in [0.05, 0.1) is 5.52 Å². The Morgan fingerprint density at radius 2 is 2.00 bits per heavy atom. The second kappa shape index (κ2) is 5.92. The summed E-state index contributed by atoms with van der Waals surface area (Å²) in [6.45, 7) is 0. The van der Waals surface area contributed by atoms with Gasteiger partial charge in [-0.2, -0.15) is 0 Å². The maximum atomic E-state index is 13.1. The monoisotopic (exact) mass is 344 g/mol. The molecule has 21 heavy (non-hydrogen) atoms. The highest BCUT2D eigenvalue weighted by molar-refractivity contribution is 9.10. The molecule has 1 unspecified atom stereocenters. The highest BCUT2D eigenvalue weighted by Crippen LogP contribution is 2.25. The Morgan fingerprint density at radius 1 is 1.14 bits per heavy atom. The molecule has 3 aromatic rings. The number of nitrogens with zero attached hydrogens (tertiary/aromatic N) is 1. The number of fused-ring (bicyclic) bond motifs is 1. The maximum Gasteiger partial charge on any atom is 0.124 e. The highest BCUT2D eigenvalue weighted by atomic mass is 79.9. The minimum atomic E-state index is -0.254. The molecule has 0 saturated heterocycles. The predicted octanol–water partition coefficient (Wildman–Crippen LogP) is 4.38. The number of hydrogen-bond acceptors (Lipinski definition) is 2. The lowest BCUT2D eigenvalue weighted by Crippen LogP contribution is -2.13. The largest absolute Gasteiger partial charge is 0.324 e. The van der Waals surface area contributed by atoms with E-state index in [4.69, 9.17) is 5.73 Å². The van der Waals surface area contributed by atoms with Crippen LogP contribution in [0.25, 0.3) is 10.9 Å². The van der Waals surface area contributed by atoms with E-state index in [1.807, 2.05) is 24.3 Å². The van der Waals surface area contributed by atoms with E-state index in [-0.39, 0.29) is 11.9 Å². The Labute approximate surface area is 130 Å². The van der Waals surface area contributed by atoms with Crippen molar-refractivity contribution in [3.8, 4) is 0 Å². The molecule has 0 amide bonds. The number of nitrogens with two attached hydrogens (primary N) is 1. The van der Waals surface area contributed by atoms with Gasteiger partial charge in [0, 0.05) is 22.1 Å². The van der Waals surface area contributed by atoms with E-state index in [0.717, 1.165) is 26.5 Å². The van der Waals surface area contributed by atoms with Crippen LogP contribution in [-0.2, 0) is 6.42 Å². The van der Waals surface area contributed by atoms with Gasteiger partial charge in [0.1, 0.15) is 5.82 Å². The summed E-state index contributed by atoms with van der Waals surface area (Å²) in [7, 11) is 0. The fourth-order valence-corrected chi connectivity index (χ4v) is 2.88. The van der Waals surface area contributed by atoms with Crippen LogP contribution in [0.15, 0.2) is 59.2 Å². The van der Waals surface area contributed by atoms with Gasteiger partial charge in [0.2, 0.25) is 0 Å². The number of hydrogen-bond donors (Lipinski definition) is 1. The lowest BCUT2D eigenvalue weighted by molar-refractivity contribution is 0.624. The van der Waals surface area contributed by atoms with Gasteiger partial charge in [-0.1, -0.05) is 34.1 Å². The molecule has 0 saturated carbocycles. The SMILES string of the molecule is NC(Cc1ccc(F)cc1Br)c1ccc2ncccc2c1. The zero-order chi connectivity index (χ0) is 14.8. The molecule has 106 valence electrons. The number of aromatic nitrogens is 1. The Morgan fingerprint density at radius 3 is 2.81 bits per heavy atom. The van der Waals surface area contributed by atoms with Crippen LogP contribution < -0.4 is 5.73 Å². The zero-order valence-electron chi connectivity index (χ0n) is 11.3. The van der Waals surface area contributed by atoms with Gasteiger partial charge in [0.25, 0.3) is 0 Å². The van der Waals surface area contributed by atoms with Crippen molar-refractivity contribution in [1.29, 1.82) is 0 Å². The first-order valence-corrected chi connectivity index (χ1v) is 7.47. The second-order valence-electron chi connectivity index (χ2n) is 5.00. The fraction of sp³-hybridized carbons (Fsp3) is 0.118. The Hall–Kier alpha value is -1.78. The third-order valence-electron chi connectivity index (χ3n) is 3.51. The van der Waals surface area contributed by atoms with Crippen molar-refractivity contribution < 1.29 is 4.39 Å². The third kappa shape index (κ3) is 3.12. The van der Waals surface area contributed by atoms with E-state index in [2.05, 4.69) is 27.0 Å². The minimum Gasteiger partial charge on any atom is -0.324 e. The van der Waals surface area contributed by atoms with Crippen LogP contribution in [0.3, 0.4) is 0 Å². The molecule has 1 aromatic heterocycles. The van der Waals surface area contributed by atoms with Crippen LogP contribution in [-0.4, -0.2) is 4.98 Å². The van der Waals surface area contributed by atoms with E-state index >= 15 is 0 Å². The number of halogens is 2. The Balaban J connectivity index is 1.87. The molecule has 0 aliphatic rings. The fourth-order valence-electron chi connectivity index (χ4n) is 2.37. The van der Waals surface area contributed by atoms with Gasteiger partial charge in [-0.15, -0.1) is 0 Å². The normalized spacial score (nSPS) is 12.5. The molecule has 2 nitrogen and oxygen atoms in total. The van der Waals surface area contributed by atoms with Crippen LogP contribution in [0.1, 0.15) is 17.2 Å². The van der Waals surface area contributed by atoms with Crippen molar-refractivity contribution in [3.63, 3.8) is 0 Å². The predicted molar refractivity (Wildman–Crippen MR) is 86.5 cm³/mol. The lowest BCUT2D eigenvalue weighted by atomic mass is 9.98. The molecule has 4 heteroatoms. The number of rotatable bonds is 3. The van der Waals surface area contributed by atoms with Crippen molar-refractivity contribution in [2.75, 3.05) is 0 Å². The number of pyridine rings is 1. The van der Waals surface area contributed by atoms with Crippen molar-refractivity contribution in [2.24, 2.45) is 5.73 Å². The van der Waals surface area contributed by atoms with Crippen molar-refractivity contribution in [2.45, 2.75) is 12.5 Å². The molecule has 3 rings (SSSR count). The van der Waals surface area contributed by atoms with Crippen LogP contribution in [0, 0.1) is 5.82 Å². The molecule has 1 atom stereocenters. The second-order valence-corrected chi connectivity index (χ2v) is 5.86. The first-order valence-electron chi connectivity index (χ1n) is 6.67. The van der Waals surface area contributed by atoms with Crippen molar-refractivity contribution >= 4 is 26.8 Å². The van der Waals surface area contributed by atoms with Gasteiger partial charge >= 0.3 is 0 Å². The summed E-state index contributed by atoms with van der Waals surface area (Å²) in [5, 5.41) is 1.07. The van der Waals surface area contributed by atoms with Gasteiger partial charge < -0.3 is 5.73 Å². The highest BCUT2D eigenvalue weighted by Gasteiger charge is 2.11. The molecule has 0 fully saturated rings. The standard InChI is InChI=1S/C17H14BrFN2/c18-15-10-14(19)5-3-11(15)9-16(20)12-4-6-17-13(8-12)2-1-7-21-17/h1-8,10,16H,9,20H2. The molecular weight excluding hydrogens is 331 g/mol. The Bertz CT molecular complexity index is 789. The number of benzene rings is 2. The van der Waals surface area contributed by atoms with Gasteiger partial charge in [-0.3, -0.25) is 4.98 Å². The molecule has 1 heterocycles. The lowest BCUT2D eigenvalue weighted by Gasteiger charge is -2.14. The van der Waals surface area contributed by atoms with Crippen LogP contribution in [0.2, 0.25) is 0 Å². The van der Waals surface area contributed by atoms with E-state index in [9.17, 15) is 4.39 Å². The average Bonchev–Trinajstić information content (AvgIpc) is 2.49. The molecule has 2 aromatic carbocycles. The van der Waals surface area contributed by atoms with Crippen LogP contribution >= 0.6 is 15.9 Å². The minimum absolute atomic E-state index is 0.142. The average molecular weight is 345 g/mol. The zero-order valence-corrected chi connectivity index (χ0v) is 12.8. The third-order valence-corrected chi connectivity index (χ3v) is 4.25. The van der Waals surface area contributed by atoms with Gasteiger partial charge in [-0.05, 0) is 47.9 Å². The first-order chi connectivity index (χ1) is 10.1. The summed E-state index contributed by atoms with van der Waals surface area (Å²) in [6, 6.07) is 14.5. The van der Waals surface area contributed by atoms with Crippen molar-refractivity contribution in [1.82, 2.24) is 4.98 Å². The summed E-state index contributed by atoms with van der Waals surface area (Å²) in [5.74, 6) is -0.254. The van der Waals surface area contributed by atoms with Gasteiger partial charge in [0.15, 0.2) is 0 Å². The smallest absolute Gasteiger partial charge is 0.124 e. The first kappa shape index (κ1) is 14.2. The maximum absolute atomic E-state index is 13.1. The van der Waals surface area contributed by atoms with E-state index < -0.39 is 0 Å². The molecule has 0 aliphatic heterocycles.